The zero-order valence-electron chi connectivity index (χ0n) is 14.9. The number of rotatable bonds is 5. The highest BCUT2D eigenvalue weighted by Gasteiger charge is 2.19. The van der Waals surface area contributed by atoms with Crippen molar-refractivity contribution in [1.29, 1.82) is 0 Å². The molecule has 9 heteroatoms. The predicted octanol–water partition coefficient (Wildman–Crippen LogP) is 2.10. The lowest BCUT2D eigenvalue weighted by molar-refractivity contribution is 0.0951. The van der Waals surface area contributed by atoms with Gasteiger partial charge in [-0.1, -0.05) is 24.2 Å². The van der Waals surface area contributed by atoms with Crippen molar-refractivity contribution < 1.29 is 9.21 Å². The number of anilines is 1. The highest BCUT2D eigenvalue weighted by molar-refractivity contribution is 7.20. The van der Waals surface area contributed by atoms with E-state index in [4.69, 9.17) is 4.42 Å². The van der Waals surface area contributed by atoms with Crippen molar-refractivity contribution in [2.75, 3.05) is 24.5 Å². The number of carbonyl (C=O) groups excluding carboxylic acids is 1. The molecule has 0 atom stereocenters. The van der Waals surface area contributed by atoms with E-state index in [0.717, 1.165) is 36.8 Å². The van der Waals surface area contributed by atoms with Gasteiger partial charge in [-0.25, -0.2) is 4.98 Å². The van der Waals surface area contributed by atoms with E-state index in [2.05, 4.69) is 20.3 Å². The molecule has 1 saturated heterocycles. The molecule has 0 aliphatic carbocycles. The third kappa shape index (κ3) is 3.87. The van der Waals surface area contributed by atoms with E-state index in [1.54, 1.807) is 12.3 Å². The van der Waals surface area contributed by atoms with Gasteiger partial charge >= 0.3 is 0 Å². The summed E-state index contributed by atoms with van der Waals surface area (Å²) < 4.78 is 6.47. The van der Waals surface area contributed by atoms with Crippen LogP contribution in [0.1, 0.15) is 41.8 Å². The molecule has 3 aromatic heterocycles. The lowest BCUT2D eigenvalue weighted by atomic mass is 10.2. The normalized spacial score (nSPS) is 15.0. The number of nitrogens with zero attached hydrogens (tertiary/aromatic N) is 4. The number of fused-ring (bicyclic) bond motifs is 1. The van der Waals surface area contributed by atoms with Gasteiger partial charge in [0.2, 0.25) is 10.1 Å². The summed E-state index contributed by atoms with van der Waals surface area (Å²) in [5.74, 6) is 0.333. The summed E-state index contributed by atoms with van der Waals surface area (Å²) in [6.45, 7) is 2.26. The number of amides is 1. The SMILES string of the molecule is O=C(NCCc1ccco1)c1cnc2sc(N3CCCCCC3)nn2c1=O. The van der Waals surface area contributed by atoms with Crippen LogP contribution in [0, 0.1) is 0 Å². The standard InChI is InChI=1S/C18H21N5O3S/c24-15(19-8-7-13-6-5-11-26-13)14-12-20-17-23(16(14)25)21-18(27-17)22-9-3-1-2-4-10-22/h5-6,11-12H,1-4,7-10H2,(H,19,24). The van der Waals surface area contributed by atoms with Crippen molar-refractivity contribution >= 4 is 27.3 Å². The maximum atomic E-state index is 12.7. The van der Waals surface area contributed by atoms with Gasteiger partial charge in [0.05, 0.1) is 6.26 Å². The first-order chi connectivity index (χ1) is 13.2. The van der Waals surface area contributed by atoms with Crippen molar-refractivity contribution in [2.45, 2.75) is 32.1 Å². The largest absolute Gasteiger partial charge is 0.469 e. The molecule has 0 spiro atoms. The molecule has 27 heavy (non-hydrogen) atoms. The highest BCUT2D eigenvalue weighted by atomic mass is 32.1. The average Bonchev–Trinajstić information content (AvgIpc) is 3.26. The molecule has 4 rings (SSSR count). The Morgan fingerprint density at radius 1 is 1.26 bits per heavy atom. The molecule has 1 amide bonds. The van der Waals surface area contributed by atoms with Crippen molar-refractivity contribution in [3.05, 3.63) is 46.3 Å². The molecule has 0 radical (unpaired) electrons. The zero-order chi connectivity index (χ0) is 18.6. The third-order valence-corrected chi connectivity index (χ3v) is 5.62. The predicted molar refractivity (Wildman–Crippen MR) is 103 cm³/mol. The van der Waals surface area contributed by atoms with Crippen LogP contribution < -0.4 is 15.8 Å². The van der Waals surface area contributed by atoms with Crippen LogP contribution in [-0.4, -0.2) is 40.1 Å². The van der Waals surface area contributed by atoms with Gasteiger partial charge in [0, 0.05) is 32.3 Å². The lowest BCUT2D eigenvalue weighted by Crippen LogP contribution is -2.33. The molecule has 1 aliphatic rings. The van der Waals surface area contributed by atoms with Crippen LogP contribution in [0.2, 0.25) is 0 Å². The zero-order valence-corrected chi connectivity index (χ0v) is 15.7. The molecule has 0 saturated carbocycles. The monoisotopic (exact) mass is 387 g/mol. The molecule has 0 bridgehead atoms. The molecule has 3 aromatic rings. The fraction of sp³-hybridized carbons (Fsp3) is 0.444. The fourth-order valence-corrected chi connectivity index (χ4v) is 4.08. The summed E-state index contributed by atoms with van der Waals surface area (Å²) in [7, 11) is 0. The molecule has 1 aliphatic heterocycles. The Bertz CT molecular complexity index is 971. The van der Waals surface area contributed by atoms with Gasteiger partial charge in [-0.2, -0.15) is 4.52 Å². The Morgan fingerprint density at radius 2 is 2.07 bits per heavy atom. The molecule has 0 aromatic carbocycles. The van der Waals surface area contributed by atoms with Gasteiger partial charge in [0.15, 0.2) is 0 Å². The van der Waals surface area contributed by atoms with Gasteiger partial charge in [-0.05, 0) is 25.0 Å². The number of furan rings is 1. The van der Waals surface area contributed by atoms with Crippen LogP contribution in [-0.2, 0) is 6.42 Å². The molecular weight excluding hydrogens is 366 g/mol. The van der Waals surface area contributed by atoms with Crippen LogP contribution >= 0.6 is 11.3 Å². The molecule has 0 unspecified atom stereocenters. The molecule has 142 valence electrons. The minimum absolute atomic E-state index is 0.000314. The van der Waals surface area contributed by atoms with Gasteiger partial charge in [0.25, 0.3) is 11.5 Å². The van der Waals surface area contributed by atoms with E-state index >= 15 is 0 Å². The Labute approximate surface area is 159 Å². The number of aromatic nitrogens is 3. The Hall–Kier alpha value is -2.68. The molecule has 4 heterocycles. The van der Waals surface area contributed by atoms with E-state index in [1.807, 2.05) is 6.07 Å². The first-order valence-electron chi connectivity index (χ1n) is 9.17. The Kier molecular flexibility index (Phi) is 5.19. The van der Waals surface area contributed by atoms with Crippen molar-refractivity contribution in [2.24, 2.45) is 0 Å². The average molecular weight is 387 g/mol. The minimum atomic E-state index is -0.447. The van der Waals surface area contributed by atoms with Crippen LogP contribution in [0.5, 0.6) is 0 Å². The second-order valence-corrected chi connectivity index (χ2v) is 7.48. The van der Waals surface area contributed by atoms with Crippen LogP contribution in [0.3, 0.4) is 0 Å². The highest BCUT2D eigenvalue weighted by Crippen LogP contribution is 2.24. The van der Waals surface area contributed by atoms with Gasteiger partial charge in [0.1, 0.15) is 11.3 Å². The van der Waals surface area contributed by atoms with Gasteiger partial charge in [-0.15, -0.1) is 5.10 Å². The van der Waals surface area contributed by atoms with Crippen molar-refractivity contribution in [3.8, 4) is 0 Å². The number of hydrogen-bond donors (Lipinski definition) is 1. The molecule has 1 fully saturated rings. The summed E-state index contributed by atoms with van der Waals surface area (Å²) in [6.07, 6.45) is 8.19. The molecular formula is C18H21N5O3S. The summed E-state index contributed by atoms with van der Waals surface area (Å²) in [6, 6.07) is 3.64. The van der Waals surface area contributed by atoms with E-state index in [-0.39, 0.29) is 5.56 Å². The van der Waals surface area contributed by atoms with Crippen LogP contribution in [0.15, 0.2) is 33.8 Å². The van der Waals surface area contributed by atoms with Crippen molar-refractivity contribution in [3.63, 3.8) is 0 Å². The molecule has 8 nitrogen and oxygen atoms in total. The molecule has 1 N–H and O–H groups in total. The maximum absolute atomic E-state index is 12.7. The smallest absolute Gasteiger partial charge is 0.288 e. The summed E-state index contributed by atoms with van der Waals surface area (Å²) in [4.78, 5) is 32.0. The quantitative estimate of drug-likeness (QED) is 0.721. The van der Waals surface area contributed by atoms with E-state index < -0.39 is 11.5 Å². The van der Waals surface area contributed by atoms with Gasteiger partial charge < -0.3 is 14.6 Å². The topological polar surface area (TPSA) is 92.7 Å². The van der Waals surface area contributed by atoms with E-state index in [0.29, 0.717) is 17.9 Å². The fourth-order valence-electron chi connectivity index (χ4n) is 3.17. The summed E-state index contributed by atoms with van der Waals surface area (Å²) >= 11 is 1.39. The summed E-state index contributed by atoms with van der Waals surface area (Å²) in [5.41, 5.74) is -0.438. The first-order valence-corrected chi connectivity index (χ1v) is 9.98. The third-order valence-electron chi connectivity index (χ3n) is 4.63. The van der Waals surface area contributed by atoms with Crippen molar-refractivity contribution in [1.82, 2.24) is 19.9 Å². The number of hydrogen-bond acceptors (Lipinski definition) is 7. The lowest BCUT2D eigenvalue weighted by Gasteiger charge is -2.17. The second-order valence-electron chi connectivity index (χ2n) is 6.54. The minimum Gasteiger partial charge on any atom is -0.469 e. The Balaban J connectivity index is 1.50. The first kappa shape index (κ1) is 17.7. The van der Waals surface area contributed by atoms with Crippen LogP contribution in [0.4, 0.5) is 5.13 Å². The maximum Gasteiger partial charge on any atom is 0.288 e. The van der Waals surface area contributed by atoms with E-state index in [1.165, 1.54) is 34.9 Å². The van der Waals surface area contributed by atoms with E-state index in [9.17, 15) is 9.59 Å². The Morgan fingerprint density at radius 3 is 2.81 bits per heavy atom. The van der Waals surface area contributed by atoms with Gasteiger partial charge in [-0.3, -0.25) is 9.59 Å². The summed E-state index contributed by atoms with van der Waals surface area (Å²) in [5, 5.41) is 7.96. The number of nitrogens with one attached hydrogen (secondary N) is 1. The second kappa shape index (κ2) is 7.91. The van der Waals surface area contributed by atoms with Crippen LogP contribution in [0.25, 0.3) is 4.96 Å². The number of carbonyl (C=O) groups is 1.